The summed E-state index contributed by atoms with van der Waals surface area (Å²) in [6.45, 7) is 0. The van der Waals surface area contributed by atoms with E-state index in [1.807, 2.05) is 0 Å². The number of nitrogens with one attached hydrogen (secondary N) is 1. The van der Waals surface area contributed by atoms with Crippen molar-refractivity contribution < 1.29 is 25.5 Å². The minimum Gasteiger partial charge on any atom is -0.381 e. The van der Waals surface area contributed by atoms with Gasteiger partial charge in [0.2, 0.25) is 10.0 Å². The molecule has 1 N–H and O–H groups in total. The van der Waals surface area contributed by atoms with E-state index in [0.29, 0.717) is 12.8 Å². The Bertz CT molecular complexity index is 700. The molecule has 21 heavy (non-hydrogen) atoms. The second kappa shape index (κ2) is 5.99. The van der Waals surface area contributed by atoms with E-state index in [1.165, 1.54) is 0 Å². The molecule has 6 nitrogen and oxygen atoms in total. The SMILES string of the molecule is COC1CCC(NS(=O)(=O)c2ccc(S(=O)(=O)F)cc2)C1. The van der Waals surface area contributed by atoms with E-state index in [-0.39, 0.29) is 17.0 Å². The predicted molar refractivity (Wildman–Crippen MR) is 73.5 cm³/mol. The van der Waals surface area contributed by atoms with Gasteiger partial charge in [-0.15, -0.1) is 3.89 Å². The average Bonchev–Trinajstić information content (AvgIpc) is 2.85. The van der Waals surface area contributed by atoms with E-state index in [1.54, 1.807) is 7.11 Å². The molecule has 2 unspecified atom stereocenters. The van der Waals surface area contributed by atoms with Crippen LogP contribution in [0.2, 0.25) is 0 Å². The Kier molecular flexibility index (Phi) is 4.66. The average molecular weight is 337 g/mol. The number of sulfonamides is 1. The van der Waals surface area contributed by atoms with Crippen molar-refractivity contribution >= 4 is 20.2 Å². The zero-order chi connectivity index (χ0) is 15.7. The molecule has 0 aliphatic heterocycles. The molecule has 0 heterocycles. The smallest absolute Gasteiger partial charge is 0.332 e. The maximum absolute atomic E-state index is 12.8. The van der Waals surface area contributed by atoms with Crippen LogP contribution >= 0.6 is 0 Å². The van der Waals surface area contributed by atoms with Crippen molar-refractivity contribution in [3.05, 3.63) is 24.3 Å². The molecule has 1 saturated carbocycles. The first-order valence-electron chi connectivity index (χ1n) is 6.32. The Morgan fingerprint density at radius 2 is 1.67 bits per heavy atom. The standard InChI is InChI=1S/C12H16FNO5S2/c1-19-10-3-2-9(8-10)14-21(17,18)12-6-4-11(5-7-12)20(13,15)16/h4-7,9-10,14H,2-3,8H2,1H3. The first-order valence-corrected chi connectivity index (χ1v) is 9.19. The number of methoxy groups -OCH3 is 1. The van der Waals surface area contributed by atoms with Crippen LogP contribution < -0.4 is 4.72 Å². The summed E-state index contributed by atoms with van der Waals surface area (Å²) in [5.74, 6) is 0. The quantitative estimate of drug-likeness (QED) is 0.815. The number of hydrogen-bond acceptors (Lipinski definition) is 5. The van der Waals surface area contributed by atoms with Crippen molar-refractivity contribution in [3.8, 4) is 0 Å². The van der Waals surface area contributed by atoms with Crippen molar-refractivity contribution in [1.29, 1.82) is 0 Å². The number of benzene rings is 1. The Labute approximate surface area is 123 Å². The first-order chi connectivity index (χ1) is 9.72. The summed E-state index contributed by atoms with van der Waals surface area (Å²) in [6.07, 6.45) is 2.08. The van der Waals surface area contributed by atoms with Crippen molar-refractivity contribution in [2.45, 2.75) is 41.2 Å². The molecule has 1 fully saturated rings. The molecule has 1 aromatic rings. The molecule has 2 rings (SSSR count). The minimum absolute atomic E-state index is 0.0387. The lowest BCUT2D eigenvalue weighted by Crippen LogP contribution is -2.33. The molecule has 0 spiro atoms. The largest absolute Gasteiger partial charge is 0.381 e. The normalized spacial score (nSPS) is 23.3. The van der Waals surface area contributed by atoms with E-state index in [4.69, 9.17) is 4.74 Å². The van der Waals surface area contributed by atoms with Gasteiger partial charge in [-0.2, -0.15) is 8.42 Å². The highest BCUT2D eigenvalue weighted by atomic mass is 32.3. The second-order valence-electron chi connectivity index (χ2n) is 4.90. The van der Waals surface area contributed by atoms with E-state index >= 15 is 0 Å². The van der Waals surface area contributed by atoms with Crippen molar-refractivity contribution in [3.63, 3.8) is 0 Å². The van der Waals surface area contributed by atoms with Gasteiger partial charge in [-0.25, -0.2) is 13.1 Å². The van der Waals surface area contributed by atoms with Crippen LogP contribution in [-0.4, -0.2) is 36.1 Å². The van der Waals surface area contributed by atoms with Crippen LogP contribution in [0.15, 0.2) is 34.1 Å². The van der Waals surface area contributed by atoms with Gasteiger partial charge in [0, 0.05) is 13.2 Å². The van der Waals surface area contributed by atoms with Crippen LogP contribution in [0.4, 0.5) is 3.89 Å². The Morgan fingerprint density at radius 3 is 2.14 bits per heavy atom. The summed E-state index contributed by atoms with van der Waals surface area (Å²) >= 11 is 0. The number of ether oxygens (including phenoxy) is 1. The molecule has 2 atom stereocenters. The molecule has 0 amide bonds. The van der Waals surface area contributed by atoms with Gasteiger partial charge in [0.05, 0.1) is 15.9 Å². The molecule has 118 valence electrons. The van der Waals surface area contributed by atoms with Crippen LogP contribution in [0, 0.1) is 0 Å². The summed E-state index contributed by atoms with van der Waals surface area (Å²) in [7, 11) is -7.01. The first kappa shape index (κ1) is 16.3. The molecular formula is C12H16FNO5S2. The van der Waals surface area contributed by atoms with Gasteiger partial charge in [-0.05, 0) is 43.5 Å². The maximum atomic E-state index is 12.8. The Balaban J connectivity index is 2.13. The fourth-order valence-electron chi connectivity index (χ4n) is 2.33. The van der Waals surface area contributed by atoms with E-state index in [2.05, 4.69) is 4.72 Å². The zero-order valence-electron chi connectivity index (χ0n) is 11.3. The van der Waals surface area contributed by atoms with E-state index < -0.39 is 25.1 Å². The van der Waals surface area contributed by atoms with Gasteiger partial charge >= 0.3 is 10.2 Å². The van der Waals surface area contributed by atoms with Crippen molar-refractivity contribution in [2.24, 2.45) is 0 Å². The Hall–Kier alpha value is -1.03. The lowest BCUT2D eigenvalue weighted by molar-refractivity contribution is 0.107. The van der Waals surface area contributed by atoms with Crippen LogP contribution in [0.1, 0.15) is 19.3 Å². The highest BCUT2D eigenvalue weighted by Crippen LogP contribution is 2.23. The number of halogens is 1. The summed E-state index contributed by atoms with van der Waals surface area (Å²) < 4.78 is 66.2. The topological polar surface area (TPSA) is 89.5 Å². The number of hydrogen-bond donors (Lipinski definition) is 1. The molecule has 0 radical (unpaired) electrons. The lowest BCUT2D eigenvalue weighted by atomic mass is 10.3. The molecule has 9 heteroatoms. The molecule has 1 aromatic carbocycles. The number of rotatable bonds is 5. The van der Waals surface area contributed by atoms with Crippen molar-refractivity contribution in [2.75, 3.05) is 7.11 Å². The van der Waals surface area contributed by atoms with Gasteiger partial charge < -0.3 is 4.74 Å². The fraction of sp³-hybridized carbons (Fsp3) is 0.500. The third-order valence-corrected chi connectivity index (χ3v) is 5.83. The molecule has 0 saturated heterocycles. The molecule has 1 aliphatic rings. The monoisotopic (exact) mass is 337 g/mol. The molecular weight excluding hydrogens is 321 g/mol. The van der Waals surface area contributed by atoms with Gasteiger partial charge in [0.15, 0.2) is 0 Å². The third kappa shape index (κ3) is 4.00. The van der Waals surface area contributed by atoms with E-state index in [9.17, 15) is 20.7 Å². The molecule has 0 bridgehead atoms. The highest BCUT2D eigenvalue weighted by Gasteiger charge is 2.28. The lowest BCUT2D eigenvalue weighted by Gasteiger charge is -2.13. The molecule has 1 aliphatic carbocycles. The third-order valence-electron chi connectivity index (χ3n) is 3.46. The fourth-order valence-corrected chi connectivity index (χ4v) is 4.07. The van der Waals surface area contributed by atoms with Gasteiger partial charge in [0.1, 0.15) is 0 Å². The second-order valence-corrected chi connectivity index (χ2v) is 7.96. The highest BCUT2D eigenvalue weighted by molar-refractivity contribution is 7.89. The predicted octanol–water partition coefficient (Wildman–Crippen LogP) is 1.19. The van der Waals surface area contributed by atoms with Gasteiger partial charge in [0.25, 0.3) is 0 Å². The van der Waals surface area contributed by atoms with Gasteiger partial charge in [-0.3, -0.25) is 0 Å². The summed E-state index contributed by atoms with van der Waals surface area (Å²) in [5.41, 5.74) is 0. The summed E-state index contributed by atoms with van der Waals surface area (Å²) in [4.78, 5) is -0.669. The summed E-state index contributed by atoms with van der Waals surface area (Å²) in [6, 6.07) is 3.77. The van der Waals surface area contributed by atoms with Crippen molar-refractivity contribution in [1.82, 2.24) is 4.72 Å². The Morgan fingerprint density at radius 1 is 1.10 bits per heavy atom. The van der Waals surface area contributed by atoms with Crippen LogP contribution in [0.5, 0.6) is 0 Å². The van der Waals surface area contributed by atoms with Crippen LogP contribution in [0.25, 0.3) is 0 Å². The van der Waals surface area contributed by atoms with Crippen LogP contribution in [0.3, 0.4) is 0 Å². The zero-order valence-corrected chi connectivity index (χ0v) is 13.0. The maximum Gasteiger partial charge on any atom is 0.332 e. The summed E-state index contributed by atoms with van der Waals surface area (Å²) in [5, 5.41) is 0. The van der Waals surface area contributed by atoms with Gasteiger partial charge in [-0.1, -0.05) is 0 Å². The minimum atomic E-state index is -4.83. The molecule has 0 aromatic heterocycles. The van der Waals surface area contributed by atoms with E-state index in [0.717, 1.165) is 30.7 Å². The van der Waals surface area contributed by atoms with Crippen LogP contribution in [-0.2, 0) is 25.0 Å².